The number of benzene rings is 2. The van der Waals surface area contributed by atoms with Gasteiger partial charge in [-0.15, -0.1) is 11.3 Å². The summed E-state index contributed by atoms with van der Waals surface area (Å²) in [5.74, 6) is 0. The van der Waals surface area contributed by atoms with E-state index in [9.17, 15) is 10.1 Å². The summed E-state index contributed by atoms with van der Waals surface area (Å²) >= 11 is 9.08. The predicted octanol–water partition coefficient (Wildman–Crippen LogP) is 7.18. The van der Waals surface area contributed by atoms with Crippen LogP contribution in [0.15, 0.2) is 100 Å². The Morgan fingerprint density at radius 3 is 2.35 bits per heavy atom. The van der Waals surface area contributed by atoms with Crippen LogP contribution in [0.2, 0.25) is 0 Å². The maximum Gasteiger partial charge on any atom is 0.269 e. The molecule has 0 bridgehead atoms. The van der Waals surface area contributed by atoms with Crippen LogP contribution < -0.4 is 10.2 Å². The van der Waals surface area contributed by atoms with Gasteiger partial charge in [0.05, 0.1) is 22.7 Å². The second-order valence-corrected chi connectivity index (χ2v) is 11.7. The minimum absolute atomic E-state index is 0.0810. The molecule has 2 aromatic carbocycles. The molecule has 1 aliphatic rings. The normalized spacial score (nSPS) is 16.8. The monoisotopic (exact) mass is 584 g/mol. The molecule has 5 aromatic rings. The number of non-ortho nitro benzene ring substituents is 1. The first kappa shape index (κ1) is 26.2. The van der Waals surface area contributed by atoms with Crippen molar-refractivity contribution in [3.8, 4) is 5.13 Å². The van der Waals surface area contributed by atoms with E-state index in [-0.39, 0.29) is 22.7 Å². The number of thiazole rings is 1. The summed E-state index contributed by atoms with van der Waals surface area (Å²) in [6.45, 7) is 4.23. The highest BCUT2D eigenvalue weighted by molar-refractivity contribution is 7.99. The number of pyridine rings is 1. The second kappa shape index (κ2) is 10.8. The van der Waals surface area contributed by atoms with Gasteiger partial charge in [0.25, 0.3) is 5.69 Å². The highest BCUT2D eigenvalue weighted by atomic mass is 32.2. The number of anilines is 1. The summed E-state index contributed by atoms with van der Waals surface area (Å²) in [4.78, 5) is 23.9. The Labute approximate surface area is 244 Å². The summed E-state index contributed by atoms with van der Waals surface area (Å²) in [7, 11) is 0. The van der Waals surface area contributed by atoms with Gasteiger partial charge in [0.1, 0.15) is 0 Å². The van der Waals surface area contributed by atoms with E-state index in [1.807, 2.05) is 48.1 Å². The average molecular weight is 585 g/mol. The van der Waals surface area contributed by atoms with Crippen molar-refractivity contribution in [2.75, 3.05) is 4.90 Å². The van der Waals surface area contributed by atoms with Gasteiger partial charge >= 0.3 is 0 Å². The van der Waals surface area contributed by atoms with Crippen molar-refractivity contribution in [3.05, 3.63) is 123 Å². The first-order valence-corrected chi connectivity index (χ1v) is 14.6. The number of hydrogen-bond donors (Lipinski definition) is 1. The van der Waals surface area contributed by atoms with Crippen LogP contribution in [0, 0.1) is 24.0 Å². The highest BCUT2D eigenvalue weighted by Gasteiger charge is 2.42. The van der Waals surface area contributed by atoms with Crippen molar-refractivity contribution in [3.63, 3.8) is 0 Å². The Bertz CT molecular complexity index is 1670. The van der Waals surface area contributed by atoms with Gasteiger partial charge in [0.2, 0.25) is 0 Å². The molecule has 0 saturated carbocycles. The number of nitrogens with one attached hydrogen (secondary N) is 1. The number of aromatic nitrogens is 3. The molecule has 0 amide bonds. The maximum atomic E-state index is 11.0. The standard InChI is InChI=1S/C29H24N6O2S3/c1-18-17-24(19(2)33(18)29-31-15-16-39-29)27-26(25-5-3-4-14-30-25)32-28(38)34(27)20-6-10-22(11-7-20)40-23-12-8-21(9-13-23)35(36)37/h3-17,26-27H,1-2H3,(H,32,38)/t26-,27-/m0/s1. The van der Waals surface area contributed by atoms with Gasteiger partial charge in [0.15, 0.2) is 10.2 Å². The lowest BCUT2D eigenvalue weighted by Crippen LogP contribution is -2.29. The first-order chi connectivity index (χ1) is 19.4. The molecular weight excluding hydrogens is 561 g/mol. The van der Waals surface area contributed by atoms with E-state index in [2.05, 4.69) is 56.8 Å². The summed E-state index contributed by atoms with van der Waals surface area (Å²) < 4.78 is 2.19. The van der Waals surface area contributed by atoms with E-state index in [0.717, 1.165) is 43.3 Å². The molecule has 1 fully saturated rings. The van der Waals surface area contributed by atoms with Gasteiger partial charge in [0, 0.05) is 56.8 Å². The van der Waals surface area contributed by atoms with Crippen LogP contribution in [-0.4, -0.2) is 24.6 Å². The first-order valence-electron chi connectivity index (χ1n) is 12.5. The minimum Gasteiger partial charge on any atom is -0.351 e. The van der Waals surface area contributed by atoms with E-state index < -0.39 is 0 Å². The zero-order valence-electron chi connectivity index (χ0n) is 21.6. The van der Waals surface area contributed by atoms with Crippen LogP contribution in [-0.2, 0) is 0 Å². The zero-order valence-corrected chi connectivity index (χ0v) is 24.0. The molecule has 8 nitrogen and oxygen atoms in total. The van der Waals surface area contributed by atoms with Gasteiger partial charge in [-0.1, -0.05) is 17.8 Å². The summed E-state index contributed by atoms with van der Waals surface area (Å²) in [6, 6.07) is 22.7. The molecule has 0 unspecified atom stereocenters. The van der Waals surface area contributed by atoms with Crippen molar-refractivity contribution in [1.82, 2.24) is 19.9 Å². The van der Waals surface area contributed by atoms with Crippen LogP contribution in [0.25, 0.3) is 5.13 Å². The molecule has 0 spiro atoms. The molecule has 6 rings (SSSR count). The van der Waals surface area contributed by atoms with Crippen LogP contribution in [0.3, 0.4) is 0 Å². The summed E-state index contributed by atoms with van der Waals surface area (Å²) in [6.07, 6.45) is 3.63. The zero-order chi connectivity index (χ0) is 27.8. The topological polar surface area (TPSA) is 89.1 Å². The van der Waals surface area contributed by atoms with Crippen molar-refractivity contribution in [2.24, 2.45) is 0 Å². The molecule has 4 heterocycles. The van der Waals surface area contributed by atoms with E-state index in [1.165, 1.54) is 12.1 Å². The number of hydrogen-bond acceptors (Lipinski definition) is 7. The third-order valence-electron chi connectivity index (χ3n) is 6.90. The fourth-order valence-electron chi connectivity index (χ4n) is 5.10. The van der Waals surface area contributed by atoms with Crippen LogP contribution in [0.1, 0.15) is 34.7 Å². The molecule has 200 valence electrons. The fourth-order valence-corrected chi connectivity index (χ4v) is 7.02. The molecule has 2 atom stereocenters. The van der Waals surface area contributed by atoms with E-state index in [1.54, 1.807) is 35.2 Å². The molecular formula is C29H24N6O2S3. The molecule has 11 heteroatoms. The highest BCUT2D eigenvalue weighted by Crippen LogP contribution is 2.44. The smallest absolute Gasteiger partial charge is 0.269 e. The van der Waals surface area contributed by atoms with E-state index >= 15 is 0 Å². The molecule has 1 saturated heterocycles. The fraction of sp³-hybridized carbons (Fsp3) is 0.138. The van der Waals surface area contributed by atoms with Gasteiger partial charge in [-0.25, -0.2) is 4.98 Å². The van der Waals surface area contributed by atoms with Gasteiger partial charge in [-0.3, -0.25) is 19.7 Å². The Balaban J connectivity index is 1.36. The Morgan fingerprint density at radius 2 is 1.73 bits per heavy atom. The predicted molar refractivity (Wildman–Crippen MR) is 163 cm³/mol. The number of nitro groups is 1. The SMILES string of the molecule is Cc1cc([C@H]2[C@H](c3ccccn3)NC(=S)N2c2ccc(Sc3ccc([N+](=O)[O-])cc3)cc2)c(C)n1-c1nccs1. The summed E-state index contributed by atoms with van der Waals surface area (Å²) in [5, 5.41) is 18.1. The lowest BCUT2D eigenvalue weighted by atomic mass is 9.96. The third kappa shape index (κ3) is 4.87. The molecule has 1 N–H and O–H groups in total. The molecule has 0 aliphatic carbocycles. The Kier molecular flexibility index (Phi) is 7.09. The minimum atomic E-state index is -0.390. The molecule has 40 heavy (non-hydrogen) atoms. The molecule has 3 aromatic heterocycles. The second-order valence-electron chi connectivity index (χ2n) is 9.32. The number of nitrogens with zero attached hydrogens (tertiary/aromatic N) is 5. The lowest BCUT2D eigenvalue weighted by Gasteiger charge is -2.28. The average Bonchev–Trinajstić information content (AvgIpc) is 3.67. The number of thiocarbonyl (C=S) groups is 1. The van der Waals surface area contributed by atoms with Crippen LogP contribution >= 0.6 is 35.3 Å². The quantitative estimate of drug-likeness (QED) is 0.122. The van der Waals surface area contributed by atoms with Crippen molar-refractivity contribution >= 4 is 51.8 Å². The lowest BCUT2D eigenvalue weighted by molar-refractivity contribution is -0.384. The number of nitro benzene ring substituents is 1. The number of aryl methyl sites for hydroxylation is 1. The van der Waals surface area contributed by atoms with Crippen LogP contribution in [0.4, 0.5) is 11.4 Å². The third-order valence-corrected chi connectivity index (χ3v) is 8.98. The van der Waals surface area contributed by atoms with Gasteiger partial charge < -0.3 is 10.2 Å². The maximum absolute atomic E-state index is 11.0. The van der Waals surface area contributed by atoms with Crippen molar-refractivity contribution in [1.29, 1.82) is 0 Å². The number of rotatable bonds is 7. The molecule has 0 radical (unpaired) electrons. The Hall–Kier alpha value is -4.06. The van der Waals surface area contributed by atoms with E-state index in [4.69, 9.17) is 12.2 Å². The van der Waals surface area contributed by atoms with Crippen molar-refractivity contribution < 1.29 is 4.92 Å². The molecule has 1 aliphatic heterocycles. The van der Waals surface area contributed by atoms with Crippen molar-refractivity contribution in [2.45, 2.75) is 35.7 Å². The summed E-state index contributed by atoms with van der Waals surface area (Å²) in [5.41, 5.74) is 5.34. The Morgan fingerprint density at radius 1 is 1.00 bits per heavy atom. The van der Waals surface area contributed by atoms with Gasteiger partial charge in [-0.2, -0.15) is 0 Å². The van der Waals surface area contributed by atoms with E-state index in [0.29, 0.717) is 5.11 Å². The van der Waals surface area contributed by atoms with Crippen LogP contribution in [0.5, 0.6) is 0 Å². The largest absolute Gasteiger partial charge is 0.351 e. The van der Waals surface area contributed by atoms with Gasteiger partial charge in [-0.05, 0) is 86.2 Å².